The number of methoxy groups -OCH3 is 1. The molecular formula is C21H18ClN3O3. The molecule has 28 heavy (non-hydrogen) atoms. The molecule has 2 aromatic carbocycles. The summed E-state index contributed by atoms with van der Waals surface area (Å²) in [5, 5.41) is 6.14. The van der Waals surface area contributed by atoms with E-state index in [2.05, 4.69) is 15.6 Å². The van der Waals surface area contributed by atoms with Crippen molar-refractivity contribution in [1.82, 2.24) is 4.98 Å². The van der Waals surface area contributed by atoms with Crippen LogP contribution < -0.4 is 15.4 Å². The number of pyridine rings is 1. The molecule has 0 aliphatic heterocycles. The van der Waals surface area contributed by atoms with E-state index in [0.29, 0.717) is 27.7 Å². The predicted octanol–water partition coefficient (Wildman–Crippen LogP) is 4.56. The molecule has 0 unspecified atom stereocenters. The minimum atomic E-state index is -0.412. The van der Waals surface area contributed by atoms with Gasteiger partial charge in [-0.25, -0.2) is 0 Å². The number of halogens is 1. The molecular weight excluding hydrogens is 378 g/mol. The topological polar surface area (TPSA) is 80.3 Å². The summed E-state index contributed by atoms with van der Waals surface area (Å²) in [5.41, 5.74) is 2.53. The van der Waals surface area contributed by atoms with E-state index in [9.17, 15) is 9.59 Å². The summed E-state index contributed by atoms with van der Waals surface area (Å²) in [6.07, 6.45) is 1.42. The Kier molecular flexibility index (Phi) is 5.91. The minimum Gasteiger partial charge on any atom is -0.497 e. The number of anilines is 2. The summed E-state index contributed by atoms with van der Waals surface area (Å²) in [7, 11) is 1.57. The molecule has 0 spiro atoms. The standard InChI is InChI=1S/C21H18ClN3O3/c1-13-11-15(22)3-8-18(13)25-21(27)19-12-14(9-10-23-19)20(26)24-16-4-6-17(28-2)7-5-16/h3-12H,1-2H3,(H,24,26)(H,25,27). The van der Waals surface area contributed by atoms with Crippen LogP contribution >= 0.6 is 11.6 Å². The molecule has 2 amide bonds. The Balaban J connectivity index is 1.73. The van der Waals surface area contributed by atoms with Crippen LogP contribution in [0.2, 0.25) is 5.02 Å². The molecule has 0 radical (unpaired) electrons. The average Bonchev–Trinajstić information content (AvgIpc) is 2.70. The van der Waals surface area contributed by atoms with Crippen molar-refractivity contribution in [2.75, 3.05) is 17.7 Å². The highest BCUT2D eigenvalue weighted by Gasteiger charge is 2.13. The van der Waals surface area contributed by atoms with E-state index in [0.717, 1.165) is 5.56 Å². The van der Waals surface area contributed by atoms with Gasteiger partial charge >= 0.3 is 0 Å². The van der Waals surface area contributed by atoms with Crippen LogP contribution in [0.4, 0.5) is 11.4 Å². The van der Waals surface area contributed by atoms with Gasteiger partial charge in [0.05, 0.1) is 7.11 Å². The second-order valence-corrected chi connectivity index (χ2v) is 6.46. The Bertz CT molecular complexity index is 1020. The number of amides is 2. The minimum absolute atomic E-state index is 0.136. The van der Waals surface area contributed by atoms with E-state index < -0.39 is 5.91 Å². The predicted molar refractivity (Wildman–Crippen MR) is 109 cm³/mol. The van der Waals surface area contributed by atoms with Crippen molar-refractivity contribution in [3.63, 3.8) is 0 Å². The fourth-order valence-electron chi connectivity index (χ4n) is 2.53. The maximum Gasteiger partial charge on any atom is 0.274 e. The number of carbonyl (C=O) groups excluding carboxylic acids is 2. The smallest absolute Gasteiger partial charge is 0.274 e. The molecule has 2 N–H and O–H groups in total. The number of aryl methyl sites for hydroxylation is 1. The number of rotatable bonds is 5. The summed E-state index contributed by atoms with van der Waals surface area (Å²) in [4.78, 5) is 29.0. The van der Waals surface area contributed by atoms with Gasteiger partial charge in [-0.3, -0.25) is 14.6 Å². The Morgan fingerprint density at radius 1 is 0.964 bits per heavy atom. The lowest BCUT2D eigenvalue weighted by Gasteiger charge is -2.10. The van der Waals surface area contributed by atoms with Crippen LogP contribution in [0.1, 0.15) is 26.4 Å². The zero-order valence-corrected chi connectivity index (χ0v) is 16.1. The van der Waals surface area contributed by atoms with E-state index >= 15 is 0 Å². The molecule has 0 aliphatic carbocycles. The molecule has 0 saturated carbocycles. The van der Waals surface area contributed by atoms with E-state index in [1.807, 2.05) is 6.92 Å². The Labute approximate surface area is 167 Å². The number of hydrogen-bond donors (Lipinski definition) is 2. The lowest BCUT2D eigenvalue weighted by atomic mass is 10.1. The van der Waals surface area contributed by atoms with Crippen LogP contribution in [0.3, 0.4) is 0 Å². The summed E-state index contributed by atoms with van der Waals surface area (Å²) in [6, 6.07) is 15.1. The van der Waals surface area contributed by atoms with Gasteiger partial charge in [0.1, 0.15) is 11.4 Å². The lowest BCUT2D eigenvalue weighted by Crippen LogP contribution is -2.17. The maximum absolute atomic E-state index is 12.5. The van der Waals surface area contributed by atoms with Crippen LogP contribution in [0.25, 0.3) is 0 Å². The number of nitrogens with zero attached hydrogens (tertiary/aromatic N) is 1. The highest BCUT2D eigenvalue weighted by molar-refractivity contribution is 6.30. The van der Waals surface area contributed by atoms with Gasteiger partial charge in [0.25, 0.3) is 11.8 Å². The fraction of sp³-hybridized carbons (Fsp3) is 0.0952. The van der Waals surface area contributed by atoms with Crippen molar-refractivity contribution < 1.29 is 14.3 Å². The van der Waals surface area contributed by atoms with Crippen molar-refractivity contribution in [3.05, 3.63) is 82.6 Å². The molecule has 0 saturated heterocycles. The van der Waals surface area contributed by atoms with Crippen LogP contribution in [-0.4, -0.2) is 23.9 Å². The first-order valence-corrected chi connectivity index (χ1v) is 8.83. The quantitative estimate of drug-likeness (QED) is 0.663. The van der Waals surface area contributed by atoms with Gasteiger partial charge in [-0.15, -0.1) is 0 Å². The second kappa shape index (κ2) is 8.54. The Hall–Kier alpha value is -3.38. The zero-order valence-electron chi connectivity index (χ0n) is 15.3. The third-order valence-corrected chi connectivity index (χ3v) is 4.27. The van der Waals surface area contributed by atoms with Gasteiger partial charge in [0.2, 0.25) is 0 Å². The van der Waals surface area contributed by atoms with Crippen LogP contribution in [-0.2, 0) is 0 Å². The van der Waals surface area contributed by atoms with Gasteiger partial charge in [-0.1, -0.05) is 11.6 Å². The third-order valence-electron chi connectivity index (χ3n) is 4.04. The molecule has 1 heterocycles. The first kappa shape index (κ1) is 19.4. The maximum atomic E-state index is 12.5. The molecule has 3 rings (SSSR count). The molecule has 1 aromatic heterocycles. The number of benzene rings is 2. The van der Waals surface area contributed by atoms with Crippen molar-refractivity contribution in [2.45, 2.75) is 6.92 Å². The number of ether oxygens (including phenoxy) is 1. The van der Waals surface area contributed by atoms with Crippen molar-refractivity contribution in [3.8, 4) is 5.75 Å². The molecule has 0 fully saturated rings. The van der Waals surface area contributed by atoms with E-state index in [1.165, 1.54) is 12.3 Å². The second-order valence-electron chi connectivity index (χ2n) is 6.03. The van der Waals surface area contributed by atoms with E-state index in [-0.39, 0.29) is 11.6 Å². The normalized spacial score (nSPS) is 10.2. The van der Waals surface area contributed by atoms with Gasteiger partial charge in [-0.05, 0) is 67.1 Å². The molecule has 3 aromatic rings. The summed E-state index contributed by atoms with van der Waals surface area (Å²) < 4.78 is 5.09. The zero-order chi connectivity index (χ0) is 20.1. The van der Waals surface area contributed by atoms with Gasteiger partial charge in [-0.2, -0.15) is 0 Å². The fourth-order valence-corrected chi connectivity index (χ4v) is 2.75. The largest absolute Gasteiger partial charge is 0.497 e. The summed E-state index contributed by atoms with van der Waals surface area (Å²) in [5.74, 6) is -0.0628. The number of nitrogens with one attached hydrogen (secondary N) is 2. The van der Waals surface area contributed by atoms with Gasteiger partial charge < -0.3 is 15.4 Å². The van der Waals surface area contributed by atoms with Crippen LogP contribution in [0.5, 0.6) is 5.75 Å². The molecule has 0 bridgehead atoms. The molecule has 0 aliphatic rings. The Morgan fingerprint density at radius 2 is 1.71 bits per heavy atom. The number of aromatic nitrogens is 1. The average molecular weight is 396 g/mol. The number of hydrogen-bond acceptors (Lipinski definition) is 4. The monoisotopic (exact) mass is 395 g/mol. The highest BCUT2D eigenvalue weighted by Crippen LogP contribution is 2.20. The molecule has 142 valence electrons. The number of carbonyl (C=O) groups is 2. The van der Waals surface area contributed by atoms with Gasteiger partial charge in [0, 0.05) is 28.2 Å². The van der Waals surface area contributed by atoms with Crippen molar-refractivity contribution >= 4 is 34.8 Å². The SMILES string of the molecule is COc1ccc(NC(=O)c2ccnc(C(=O)Nc3ccc(Cl)cc3C)c2)cc1. The molecule has 0 atom stereocenters. The summed E-state index contributed by atoms with van der Waals surface area (Å²) in [6.45, 7) is 1.84. The molecule has 6 nitrogen and oxygen atoms in total. The van der Waals surface area contributed by atoms with E-state index in [4.69, 9.17) is 16.3 Å². The first-order chi connectivity index (χ1) is 13.5. The molecule has 7 heteroatoms. The van der Waals surface area contributed by atoms with Crippen molar-refractivity contribution in [1.29, 1.82) is 0 Å². The third kappa shape index (κ3) is 4.66. The first-order valence-electron chi connectivity index (χ1n) is 8.45. The Morgan fingerprint density at radius 3 is 2.39 bits per heavy atom. The lowest BCUT2D eigenvalue weighted by molar-refractivity contribution is 0.102. The summed E-state index contributed by atoms with van der Waals surface area (Å²) >= 11 is 5.93. The van der Waals surface area contributed by atoms with Gasteiger partial charge in [0.15, 0.2) is 0 Å². The van der Waals surface area contributed by atoms with Crippen molar-refractivity contribution in [2.24, 2.45) is 0 Å². The van der Waals surface area contributed by atoms with Crippen LogP contribution in [0.15, 0.2) is 60.8 Å². The van der Waals surface area contributed by atoms with Crippen LogP contribution in [0, 0.1) is 6.92 Å². The van der Waals surface area contributed by atoms with E-state index in [1.54, 1.807) is 55.6 Å². The highest BCUT2D eigenvalue weighted by atomic mass is 35.5.